The first kappa shape index (κ1) is 12.0. The van der Waals surface area contributed by atoms with Gasteiger partial charge in [0.15, 0.2) is 0 Å². The predicted octanol–water partition coefficient (Wildman–Crippen LogP) is -0.424. The van der Waals surface area contributed by atoms with Crippen molar-refractivity contribution in [2.24, 2.45) is 0 Å². The molecule has 1 aromatic heterocycles. The molecule has 0 saturated carbocycles. The topological polar surface area (TPSA) is 136 Å². The molecule has 2 rings (SSSR count). The molecule has 1 unspecified atom stereocenters. The molecule has 2 heterocycles. The molecule has 9 heteroatoms. The number of nitrogen functional groups attached to an aromatic ring is 1. The molecule has 0 aliphatic carbocycles. The second-order valence-electron chi connectivity index (χ2n) is 3.97. The highest BCUT2D eigenvalue weighted by Crippen LogP contribution is 2.26. The van der Waals surface area contributed by atoms with Gasteiger partial charge in [-0.2, -0.15) is 4.98 Å². The molecule has 96 valence electrons. The number of aromatic nitrogens is 2. The van der Waals surface area contributed by atoms with Gasteiger partial charge in [0, 0.05) is 13.0 Å². The number of nitro groups is 1. The van der Waals surface area contributed by atoms with Crippen LogP contribution in [0.25, 0.3) is 0 Å². The first-order valence-corrected chi connectivity index (χ1v) is 5.29. The minimum absolute atomic E-state index is 0.0436. The molecule has 18 heavy (non-hydrogen) atoms. The maximum absolute atomic E-state index is 11.1. The van der Waals surface area contributed by atoms with Crippen LogP contribution in [0.15, 0.2) is 0 Å². The van der Waals surface area contributed by atoms with Crippen LogP contribution in [-0.4, -0.2) is 33.4 Å². The molecule has 0 radical (unpaired) electrons. The molecule has 0 spiro atoms. The average molecular weight is 252 g/mol. The molecule has 4 N–H and O–H groups in total. The predicted molar refractivity (Wildman–Crippen MR) is 62.9 cm³/mol. The number of aryl methyl sites for hydroxylation is 1. The number of nitrogens with two attached hydrogens (primary N) is 1. The third-order valence-corrected chi connectivity index (χ3v) is 2.58. The SMILES string of the molecule is Cc1nc(N)nc(NC2CNC(=O)C2)c1[N+](=O)[O-]. The smallest absolute Gasteiger partial charge is 0.332 e. The number of hydrogen-bond acceptors (Lipinski definition) is 7. The summed E-state index contributed by atoms with van der Waals surface area (Å²) < 4.78 is 0. The van der Waals surface area contributed by atoms with Crippen LogP contribution in [0.5, 0.6) is 0 Å². The summed E-state index contributed by atoms with van der Waals surface area (Å²) in [7, 11) is 0. The van der Waals surface area contributed by atoms with Crippen molar-refractivity contribution in [1.82, 2.24) is 15.3 Å². The maximum atomic E-state index is 11.1. The van der Waals surface area contributed by atoms with Crippen LogP contribution in [0.1, 0.15) is 12.1 Å². The summed E-state index contributed by atoms with van der Waals surface area (Å²) in [5.74, 6) is -0.0988. The van der Waals surface area contributed by atoms with Crippen LogP contribution in [0.2, 0.25) is 0 Å². The van der Waals surface area contributed by atoms with E-state index in [2.05, 4.69) is 20.6 Å². The normalized spacial score (nSPS) is 18.5. The molecule has 9 nitrogen and oxygen atoms in total. The van der Waals surface area contributed by atoms with Crippen molar-refractivity contribution in [1.29, 1.82) is 0 Å². The molecule has 1 amide bonds. The highest BCUT2D eigenvalue weighted by Gasteiger charge is 2.27. The first-order chi connectivity index (χ1) is 8.47. The Balaban J connectivity index is 2.31. The molecular formula is C9H12N6O3. The highest BCUT2D eigenvalue weighted by atomic mass is 16.6. The Morgan fingerprint density at radius 3 is 2.83 bits per heavy atom. The van der Waals surface area contributed by atoms with E-state index >= 15 is 0 Å². The Morgan fingerprint density at radius 1 is 1.56 bits per heavy atom. The Labute approximate surface area is 102 Å². The number of amides is 1. The summed E-state index contributed by atoms with van der Waals surface area (Å²) in [4.78, 5) is 29.0. The number of rotatable bonds is 3. The zero-order chi connectivity index (χ0) is 13.3. The fraction of sp³-hybridized carbons (Fsp3) is 0.444. The third-order valence-electron chi connectivity index (χ3n) is 2.58. The number of nitrogens with one attached hydrogen (secondary N) is 2. The second kappa shape index (κ2) is 4.43. The largest absolute Gasteiger partial charge is 0.368 e. The van der Waals surface area contributed by atoms with Crippen molar-refractivity contribution >= 4 is 23.4 Å². The Morgan fingerprint density at radius 2 is 2.28 bits per heavy atom. The van der Waals surface area contributed by atoms with Gasteiger partial charge >= 0.3 is 5.69 Å². The van der Waals surface area contributed by atoms with Crippen molar-refractivity contribution in [3.63, 3.8) is 0 Å². The minimum atomic E-state index is -0.568. The molecule has 1 atom stereocenters. The summed E-state index contributed by atoms with van der Waals surface area (Å²) in [6, 6.07) is -0.232. The lowest BCUT2D eigenvalue weighted by Gasteiger charge is -2.12. The van der Waals surface area contributed by atoms with E-state index in [1.165, 1.54) is 6.92 Å². The molecule has 0 bridgehead atoms. The van der Waals surface area contributed by atoms with Gasteiger partial charge in [-0.05, 0) is 6.92 Å². The fourth-order valence-corrected chi connectivity index (χ4v) is 1.81. The Bertz CT molecular complexity index is 517. The maximum Gasteiger partial charge on any atom is 0.332 e. The van der Waals surface area contributed by atoms with Crippen molar-refractivity contribution in [2.45, 2.75) is 19.4 Å². The number of hydrogen-bond donors (Lipinski definition) is 3. The molecule has 0 aromatic carbocycles. The van der Waals surface area contributed by atoms with Gasteiger partial charge in [-0.1, -0.05) is 0 Å². The minimum Gasteiger partial charge on any atom is -0.368 e. The third kappa shape index (κ3) is 2.29. The van der Waals surface area contributed by atoms with Gasteiger partial charge in [0.1, 0.15) is 5.69 Å². The van der Waals surface area contributed by atoms with Crippen LogP contribution in [-0.2, 0) is 4.79 Å². The van der Waals surface area contributed by atoms with E-state index in [4.69, 9.17) is 5.73 Å². The van der Waals surface area contributed by atoms with Crippen LogP contribution in [0, 0.1) is 17.0 Å². The fourth-order valence-electron chi connectivity index (χ4n) is 1.81. The van der Waals surface area contributed by atoms with Crippen molar-refractivity contribution < 1.29 is 9.72 Å². The van der Waals surface area contributed by atoms with Gasteiger partial charge in [-0.3, -0.25) is 14.9 Å². The zero-order valence-corrected chi connectivity index (χ0v) is 9.64. The van der Waals surface area contributed by atoms with Crippen molar-refractivity contribution in [3.8, 4) is 0 Å². The standard InChI is InChI=1S/C9H12N6O3/c1-4-7(15(17)18)8(14-9(10)12-4)13-5-2-6(16)11-3-5/h5H,2-3H2,1H3,(H,11,16)(H3,10,12,13,14). The van der Waals surface area contributed by atoms with E-state index in [-0.39, 0.29) is 41.5 Å². The molecule has 1 aromatic rings. The lowest BCUT2D eigenvalue weighted by Crippen LogP contribution is -2.24. The van der Waals surface area contributed by atoms with Gasteiger partial charge in [0.25, 0.3) is 0 Å². The summed E-state index contributed by atoms with van der Waals surface area (Å²) in [6.07, 6.45) is 0.250. The Kier molecular flexibility index (Phi) is 2.96. The zero-order valence-electron chi connectivity index (χ0n) is 9.64. The van der Waals surface area contributed by atoms with Gasteiger partial charge < -0.3 is 16.4 Å². The van der Waals surface area contributed by atoms with E-state index in [1.807, 2.05) is 0 Å². The lowest BCUT2D eigenvalue weighted by atomic mass is 10.2. The van der Waals surface area contributed by atoms with Gasteiger partial charge in [0.2, 0.25) is 17.7 Å². The number of carbonyl (C=O) groups is 1. The van der Waals surface area contributed by atoms with E-state index in [9.17, 15) is 14.9 Å². The van der Waals surface area contributed by atoms with Gasteiger partial charge in [-0.25, -0.2) is 4.98 Å². The van der Waals surface area contributed by atoms with Crippen LogP contribution >= 0.6 is 0 Å². The molecule has 1 fully saturated rings. The van der Waals surface area contributed by atoms with E-state index < -0.39 is 4.92 Å². The number of anilines is 2. The highest BCUT2D eigenvalue weighted by molar-refractivity contribution is 5.80. The molecule has 1 aliphatic heterocycles. The quantitative estimate of drug-likeness (QED) is 0.490. The average Bonchev–Trinajstić information content (AvgIpc) is 2.62. The number of nitrogens with zero attached hydrogens (tertiary/aromatic N) is 3. The Hall–Kier alpha value is -2.45. The summed E-state index contributed by atoms with van der Waals surface area (Å²) in [6.45, 7) is 1.89. The summed E-state index contributed by atoms with van der Waals surface area (Å²) >= 11 is 0. The molecule has 1 aliphatic rings. The summed E-state index contributed by atoms with van der Waals surface area (Å²) in [5.41, 5.74) is 5.43. The lowest BCUT2D eigenvalue weighted by molar-refractivity contribution is -0.385. The molecule has 1 saturated heterocycles. The van der Waals surface area contributed by atoms with Gasteiger partial charge in [0.05, 0.1) is 11.0 Å². The van der Waals surface area contributed by atoms with Gasteiger partial charge in [-0.15, -0.1) is 0 Å². The van der Waals surface area contributed by atoms with Crippen LogP contribution in [0.3, 0.4) is 0 Å². The first-order valence-electron chi connectivity index (χ1n) is 5.29. The van der Waals surface area contributed by atoms with E-state index in [0.29, 0.717) is 6.54 Å². The number of carbonyl (C=O) groups excluding carboxylic acids is 1. The van der Waals surface area contributed by atoms with Crippen LogP contribution < -0.4 is 16.4 Å². The summed E-state index contributed by atoms with van der Waals surface area (Å²) in [5, 5.41) is 16.4. The van der Waals surface area contributed by atoms with Crippen molar-refractivity contribution in [3.05, 3.63) is 15.8 Å². The molecular weight excluding hydrogens is 240 g/mol. The monoisotopic (exact) mass is 252 g/mol. The van der Waals surface area contributed by atoms with Crippen molar-refractivity contribution in [2.75, 3.05) is 17.6 Å². The second-order valence-corrected chi connectivity index (χ2v) is 3.97. The van der Waals surface area contributed by atoms with E-state index in [1.54, 1.807) is 0 Å². The van der Waals surface area contributed by atoms with E-state index in [0.717, 1.165) is 0 Å². The van der Waals surface area contributed by atoms with Crippen LogP contribution in [0.4, 0.5) is 17.5 Å².